The third-order valence-electron chi connectivity index (χ3n) is 2.90. The SMILES string of the molecule is NC1CCCC(F)(Cc2ccco2)C1. The van der Waals surface area contributed by atoms with Gasteiger partial charge in [0.15, 0.2) is 0 Å². The Hall–Kier alpha value is -0.830. The molecule has 0 spiro atoms. The van der Waals surface area contributed by atoms with E-state index in [-0.39, 0.29) is 6.04 Å². The number of alkyl halides is 1. The van der Waals surface area contributed by atoms with Gasteiger partial charge in [-0.15, -0.1) is 0 Å². The fraction of sp³-hybridized carbons (Fsp3) is 0.636. The highest BCUT2D eigenvalue weighted by molar-refractivity contribution is 5.04. The van der Waals surface area contributed by atoms with Crippen LogP contribution in [0.4, 0.5) is 4.39 Å². The van der Waals surface area contributed by atoms with Crippen LogP contribution in [-0.2, 0) is 6.42 Å². The summed E-state index contributed by atoms with van der Waals surface area (Å²) in [7, 11) is 0. The van der Waals surface area contributed by atoms with E-state index in [1.807, 2.05) is 6.07 Å². The van der Waals surface area contributed by atoms with Gasteiger partial charge >= 0.3 is 0 Å². The number of halogens is 1. The van der Waals surface area contributed by atoms with Crippen molar-refractivity contribution in [3.8, 4) is 0 Å². The Morgan fingerprint density at radius 3 is 3.14 bits per heavy atom. The zero-order valence-corrected chi connectivity index (χ0v) is 8.21. The molecule has 3 heteroatoms. The minimum absolute atomic E-state index is 0.0173. The molecule has 0 aromatic carbocycles. The lowest BCUT2D eigenvalue weighted by atomic mass is 9.81. The summed E-state index contributed by atoms with van der Waals surface area (Å²) < 4.78 is 19.4. The van der Waals surface area contributed by atoms with E-state index in [1.165, 1.54) is 0 Å². The van der Waals surface area contributed by atoms with Gasteiger partial charge in [0.05, 0.1) is 6.26 Å². The molecule has 78 valence electrons. The summed E-state index contributed by atoms with van der Waals surface area (Å²) in [6.07, 6.45) is 4.87. The number of nitrogens with two attached hydrogens (primary N) is 1. The van der Waals surface area contributed by atoms with E-state index < -0.39 is 5.67 Å². The van der Waals surface area contributed by atoms with Gasteiger partial charge in [0.25, 0.3) is 0 Å². The summed E-state index contributed by atoms with van der Waals surface area (Å²) in [6.45, 7) is 0. The summed E-state index contributed by atoms with van der Waals surface area (Å²) in [5.41, 5.74) is 4.63. The Labute approximate surface area is 83.3 Å². The first-order valence-corrected chi connectivity index (χ1v) is 5.15. The van der Waals surface area contributed by atoms with Crippen LogP contribution in [0.3, 0.4) is 0 Å². The minimum atomic E-state index is -1.14. The first kappa shape index (κ1) is 9.71. The highest BCUT2D eigenvalue weighted by Crippen LogP contribution is 2.34. The van der Waals surface area contributed by atoms with Crippen LogP contribution in [-0.4, -0.2) is 11.7 Å². The normalized spacial score (nSPS) is 33.1. The quantitative estimate of drug-likeness (QED) is 0.790. The minimum Gasteiger partial charge on any atom is -0.469 e. The molecule has 1 saturated carbocycles. The van der Waals surface area contributed by atoms with Gasteiger partial charge in [0.1, 0.15) is 11.4 Å². The molecule has 1 aromatic rings. The molecule has 0 amide bonds. The Bertz CT molecular complexity index is 285. The topological polar surface area (TPSA) is 39.2 Å². The average Bonchev–Trinajstić information content (AvgIpc) is 2.55. The maximum atomic E-state index is 14.2. The van der Waals surface area contributed by atoms with E-state index in [4.69, 9.17) is 10.2 Å². The summed E-state index contributed by atoms with van der Waals surface area (Å²) in [5.74, 6) is 0.724. The van der Waals surface area contributed by atoms with Crippen LogP contribution in [0.25, 0.3) is 0 Å². The summed E-state index contributed by atoms with van der Waals surface area (Å²) in [6, 6.07) is 3.63. The molecule has 0 saturated heterocycles. The summed E-state index contributed by atoms with van der Waals surface area (Å²) >= 11 is 0. The molecule has 2 atom stereocenters. The molecule has 0 radical (unpaired) electrons. The summed E-state index contributed by atoms with van der Waals surface area (Å²) in [5, 5.41) is 0. The standard InChI is InChI=1S/C11H16FNO/c12-11(5-1-3-9(13)7-11)8-10-4-2-6-14-10/h2,4,6,9H,1,3,5,7-8,13H2. The molecule has 2 rings (SSSR count). The van der Waals surface area contributed by atoms with Crippen molar-refractivity contribution in [3.63, 3.8) is 0 Å². The largest absolute Gasteiger partial charge is 0.469 e. The maximum Gasteiger partial charge on any atom is 0.119 e. The lowest BCUT2D eigenvalue weighted by Crippen LogP contribution is -2.39. The van der Waals surface area contributed by atoms with Crippen molar-refractivity contribution in [2.24, 2.45) is 5.73 Å². The van der Waals surface area contributed by atoms with E-state index in [1.54, 1.807) is 12.3 Å². The van der Waals surface area contributed by atoms with E-state index in [2.05, 4.69) is 0 Å². The second kappa shape index (κ2) is 3.73. The van der Waals surface area contributed by atoms with Crippen LogP contribution in [0.1, 0.15) is 31.4 Å². The fourth-order valence-corrected chi connectivity index (χ4v) is 2.24. The van der Waals surface area contributed by atoms with Gasteiger partial charge in [0.2, 0.25) is 0 Å². The van der Waals surface area contributed by atoms with Crippen molar-refractivity contribution in [2.45, 2.75) is 43.8 Å². The van der Waals surface area contributed by atoms with Crippen molar-refractivity contribution in [2.75, 3.05) is 0 Å². The molecule has 1 aromatic heterocycles. The lowest BCUT2D eigenvalue weighted by molar-refractivity contribution is 0.0903. The second-order valence-electron chi connectivity index (χ2n) is 4.26. The molecule has 1 aliphatic carbocycles. The monoisotopic (exact) mass is 197 g/mol. The van der Waals surface area contributed by atoms with Gasteiger partial charge in [-0.05, 0) is 37.8 Å². The van der Waals surface area contributed by atoms with Gasteiger partial charge in [-0.3, -0.25) is 0 Å². The average molecular weight is 197 g/mol. The molecular formula is C11H16FNO. The molecule has 0 bridgehead atoms. The first-order valence-electron chi connectivity index (χ1n) is 5.15. The zero-order chi connectivity index (χ0) is 10.0. The third-order valence-corrected chi connectivity index (χ3v) is 2.90. The molecular weight excluding hydrogens is 181 g/mol. The molecule has 2 N–H and O–H groups in total. The Balaban J connectivity index is 2.01. The summed E-state index contributed by atoms with van der Waals surface area (Å²) in [4.78, 5) is 0. The number of furan rings is 1. The predicted octanol–water partition coefficient (Wildman–Crippen LogP) is 2.43. The van der Waals surface area contributed by atoms with E-state index >= 15 is 0 Å². The van der Waals surface area contributed by atoms with Crippen LogP contribution in [0.2, 0.25) is 0 Å². The van der Waals surface area contributed by atoms with Gasteiger partial charge in [0, 0.05) is 12.5 Å². The van der Waals surface area contributed by atoms with E-state index in [0.717, 1.165) is 18.6 Å². The number of hydrogen-bond donors (Lipinski definition) is 1. The van der Waals surface area contributed by atoms with Gasteiger partial charge in [-0.25, -0.2) is 4.39 Å². The highest BCUT2D eigenvalue weighted by Gasteiger charge is 2.35. The second-order valence-corrected chi connectivity index (χ2v) is 4.26. The van der Waals surface area contributed by atoms with Crippen molar-refractivity contribution < 1.29 is 8.81 Å². The molecule has 14 heavy (non-hydrogen) atoms. The zero-order valence-electron chi connectivity index (χ0n) is 8.21. The maximum absolute atomic E-state index is 14.2. The van der Waals surface area contributed by atoms with Gasteiger partial charge < -0.3 is 10.2 Å². The Morgan fingerprint density at radius 1 is 1.64 bits per heavy atom. The van der Waals surface area contributed by atoms with Gasteiger partial charge in [-0.2, -0.15) is 0 Å². The molecule has 1 aliphatic rings. The van der Waals surface area contributed by atoms with Crippen molar-refractivity contribution in [1.29, 1.82) is 0 Å². The van der Waals surface area contributed by atoms with Crippen molar-refractivity contribution >= 4 is 0 Å². The predicted molar refractivity (Wildman–Crippen MR) is 52.7 cm³/mol. The molecule has 2 nitrogen and oxygen atoms in total. The molecule has 0 aliphatic heterocycles. The van der Waals surface area contributed by atoms with Crippen LogP contribution < -0.4 is 5.73 Å². The van der Waals surface area contributed by atoms with Crippen LogP contribution in [0, 0.1) is 0 Å². The van der Waals surface area contributed by atoms with Crippen molar-refractivity contribution in [3.05, 3.63) is 24.2 Å². The fourth-order valence-electron chi connectivity index (χ4n) is 2.24. The number of hydrogen-bond acceptors (Lipinski definition) is 2. The van der Waals surface area contributed by atoms with E-state index in [9.17, 15) is 4.39 Å². The van der Waals surface area contributed by atoms with Crippen LogP contribution in [0.15, 0.2) is 22.8 Å². The van der Waals surface area contributed by atoms with Crippen LogP contribution >= 0.6 is 0 Å². The van der Waals surface area contributed by atoms with Crippen molar-refractivity contribution in [1.82, 2.24) is 0 Å². The molecule has 2 unspecified atom stereocenters. The van der Waals surface area contributed by atoms with Gasteiger partial charge in [-0.1, -0.05) is 0 Å². The lowest BCUT2D eigenvalue weighted by Gasteiger charge is -2.32. The first-order chi connectivity index (χ1) is 6.68. The smallest absolute Gasteiger partial charge is 0.119 e. The Morgan fingerprint density at radius 2 is 2.50 bits per heavy atom. The van der Waals surface area contributed by atoms with E-state index in [0.29, 0.717) is 19.3 Å². The Kier molecular flexibility index (Phi) is 2.59. The molecule has 1 fully saturated rings. The molecule has 1 heterocycles. The number of rotatable bonds is 2. The third kappa shape index (κ3) is 2.15. The highest BCUT2D eigenvalue weighted by atomic mass is 19.1. The van der Waals surface area contributed by atoms with Crippen LogP contribution in [0.5, 0.6) is 0 Å².